The summed E-state index contributed by atoms with van der Waals surface area (Å²) >= 11 is 0. The average Bonchev–Trinajstić information content (AvgIpc) is 3.69. The molecule has 0 spiro atoms. The molecular weight excluding hydrogens is 601 g/mol. The lowest BCUT2D eigenvalue weighted by molar-refractivity contribution is 0.405. The molecule has 9 rings (SSSR count). The van der Waals surface area contributed by atoms with Crippen molar-refractivity contribution in [3.63, 3.8) is 0 Å². The summed E-state index contributed by atoms with van der Waals surface area (Å²) in [7, 11) is 0. The molecule has 0 saturated carbocycles. The summed E-state index contributed by atoms with van der Waals surface area (Å²) in [6.45, 7) is 6.94. The quantitative estimate of drug-likeness (QED) is 0.162. The van der Waals surface area contributed by atoms with E-state index in [0.29, 0.717) is 0 Å². The largest absolute Gasteiger partial charge is 0.0639 e. The predicted octanol–water partition coefficient (Wildman–Crippen LogP) is 12.9. The Morgan fingerprint density at radius 2 is 1.06 bits per heavy atom. The van der Waals surface area contributed by atoms with E-state index in [1.165, 1.54) is 83.1 Å². The molecule has 50 heavy (non-hydrogen) atoms. The van der Waals surface area contributed by atoms with Crippen LogP contribution in [0.3, 0.4) is 0 Å². The molecule has 0 nitrogen and oxygen atoms in total. The van der Waals surface area contributed by atoms with Crippen LogP contribution >= 0.6 is 0 Å². The minimum Gasteiger partial charge on any atom is -0.0639 e. The van der Waals surface area contributed by atoms with Crippen molar-refractivity contribution in [1.29, 1.82) is 0 Å². The molecule has 1 atom stereocenters. The normalized spacial score (nSPS) is 15.1. The molecule has 1 unspecified atom stereocenters. The van der Waals surface area contributed by atoms with Crippen LogP contribution in [0.1, 0.15) is 77.1 Å². The van der Waals surface area contributed by atoms with Gasteiger partial charge in [0.1, 0.15) is 0 Å². The van der Waals surface area contributed by atoms with Crippen LogP contribution in [0, 0.1) is 0 Å². The molecule has 0 heteroatoms. The van der Waals surface area contributed by atoms with Crippen LogP contribution in [-0.2, 0) is 18.3 Å². The molecule has 2 aliphatic carbocycles. The highest BCUT2D eigenvalue weighted by Gasteiger charge is 2.54. The lowest BCUT2D eigenvalue weighted by atomic mass is 9.54. The zero-order valence-electron chi connectivity index (χ0n) is 29.2. The van der Waals surface area contributed by atoms with Crippen molar-refractivity contribution in [3.05, 3.63) is 208 Å². The standard InChI is InChI=1S/C50H42/c1-4-34-23-26-44-45-27-24-35(5-2)31-47(45)49(46(44)30-34)50(39-17-8-6-9-18-39,40-19-10-7-11-20-40)48-33(3)29-38-32-37(25-28-43(38)48)42-22-14-16-36-15-12-13-21-41(36)42/h6-32,48-49H,4-5H2,1-3H3. The van der Waals surface area contributed by atoms with Crippen molar-refractivity contribution < 1.29 is 0 Å². The molecule has 0 heterocycles. The smallest absolute Gasteiger partial charge is 0.0418 e. The van der Waals surface area contributed by atoms with Crippen LogP contribution in [0.15, 0.2) is 163 Å². The second kappa shape index (κ2) is 12.1. The van der Waals surface area contributed by atoms with Crippen molar-refractivity contribution in [3.8, 4) is 22.3 Å². The minimum absolute atomic E-state index is 0.118. The number of rotatable bonds is 7. The summed E-state index contributed by atoms with van der Waals surface area (Å²) in [5.41, 5.74) is 17.5. The SMILES string of the molecule is CCc1ccc2c(c1)C(C(c1ccccc1)(c1ccccc1)C1C(C)=Cc3cc(-c4cccc5ccccc45)ccc31)c1cc(CC)ccc1-2. The van der Waals surface area contributed by atoms with E-state index in [9.17, 15) is 0 Å². The fraction of sp³-hybridized carbons (Fsp3) is 0.160. The molecule has 0 aliphatic heterocycles. The molecule has 0 saturated heterocycles. The molecule has 0 amide bonds. The second-order valence-electron chi connectivity index (χ2n) is 14.3. The van der Waals surface area contributed by atoms with E-state index in [2.05, 4.69) is 185 Å². The summed E-state index contributed by atoms with van der Waals surface area (Å²) in [4.78, 5) is 0. The zero-order valence-corrected chi connectivity index (χ0v) is 29.2. The highest BCUT2D eigenvalue weighted by atomic mass is 14.6. The van der Waals surface area contributed by atoms with Gasteiger partial charge in [-0.3, -0.25) is 0 Å². The molecule has 0 bridgehead atoms. The van der Waals surface area contributed by atoms with E-state index >= 15 is 0 Å². The van der Waals surface area contributed by atoms with Gasteiger partial charge in [0.25, 0.3) is 0 Å². The summed E-state index contributed by atoms with van der Waals surface area (Å²) in [6, 6.07) is 60.2. The Kier molecular flexibility index (Phi) is 7.43. The number of benzene rings is 7. The number of hydrogen-bond donors (Lipinski definition) is 0. The van der Waals surface area contributed by atoms with E-state index < -0.39 is 5.41 Å². The van der Waals surface area contributed by atoms with E-state index in [0.717, 1.165) is 12.8 Å². The Morgan fingerprint density at radius 3 is 1.68 bits per heavy atom. The molecule has 0 fully saturated rings. The summed E-state index contributed by atoms with van der Waals surface area (Å²) in [6.07, 6.45) is 4.52. The van der Waals surface area contributed by atoms with Gasteiger partial charge in [0.15, 0.2) is 0 Å². The number of aryl methyl sites for hydroxylation is 2. The first-order valence-electron chi connectivity index (χ1n) is 18.3. The van der Waals surface area contributed by atoms with Gasteiger partial charge in [-0.05, 0) is 103 Å². The second-order valence-corrected chi connectivity index (χ2v) is 14.3. The molecule has 242 valence electrons. The first-order valence-corrected chi connectivity index (χ1v) is 18.3. The molecule has 7 aromatic carbocycles. The Labute approximate surface area is 296 Å². The monoisotopic (exact) mass is 642 g/mol. The van der Waals surface area contributed by atoms with Gasteiger partial charge in [0.2, 0.25) is 0 Å². The predicted molar refractivity (Wildman–Crippen MR) is 212 cm³/mol. The van der Waals surface area contributed by atoms with Gasteiger partial charge in [-0.25, -0.2) is 0 Å². The van der Waals surface area contributed by atoms with E-state index in [1.807, 2.05) is 0 Å². The zero-order chi connectivity index (χ0) is 33.8. The maximum atomic E-state index is 2.53. The summed E-state index contributed by atoms with van der Waals surface area (Å²) in [5, 5.41) is 2.57. The Balaban J connectivity index is 1.35. The minimum atomic E-state index is -0.409. The average molecular weight is 643 g/mol. The maximum absolute atomic E-state index is 2.53. The fourth-order valence-electron chi connectivity index (χ4n) is 9.50. The number of hydrogen-bond acceptors (Lipinski definition) is 0. The lowest BCUT2D eigenvalue weighted by Crippen LogP contribution is -2.41. The Morgan fingerprint density at radius 1 is 0.480 bits per heavy atom. The van der Waals surface area contributed by atoms with Crippen molar-refractivity contribution in [2.75, 3.05) is 0 Å². The van der Waals surface area contributed by atoms with Crippen molar-refractivity contribution in [2.24, 2.45) is 0 Å². The van der Waals surface area contributed by atoms with Crippen molar-refractivity contribution in [2.45, 2.75) is 50.9 Å². The van der Waals surface area contributed by atoms with Gasteiger partial charge >= 0.3 is 0 Å². The van der Waals surface area contributed by atoms with Crippen LogP contribution in [-0.4, -0.2) is 0 Å². The molecule has 0 N–H and O–H groups in total. The van der Waals surface area contributed by atoms with Crippen molar-refractivity contribution >= 4 is 16.8 Å². The van der Waals surface area contributed by atoms with E-state index in [4.69, 9.17) is 0 Å². The van der Waals surface area contributed by atoms with Gasteiger partial charge in [-0.1, -0.05) is 177 Å². The van der Waals surface area contributed by atoms with Gasteiger partial charge in [-0.15, -0.1) is 0 Å². The third-order valence-electron chi connectivity index (χ3n) is 11.7. The van der Waals surface area contributed by atoms with Crippen molar-refractivity contribution in [1.82, 2.24) is 0 Å². The van der Waals surface area contributed by atoms with Crippen LogP contribution < -0.4 is 0 Å². The highest BCUT2D eigenvalue weighted by Crippen LogP contribution is 2.64. The topological polar surface area (TPSA) is 0 Å². The molecular formula is C50H42. The van der Waals surface area contributed by atoms with Gasteiger partial charge in [-0.2, -0.15) is 0 Å². The van der Waals surface area contributed by atoms with Gasteiger partial charge in [0.05, 0.1) is 0 Å². The van der Waals surface area contributed by atoms with E-state index in [-0.39, 0.29) is 11.8 Å². The first kappa shape index (κ1) is 30.6. The number of fused-ring (bicyclic) bond motifs is 5. The molecule has 0 aromatic heterocycles. The van der Waals surface area contributed by atoms with Crippen LogP contribution in [0.25, 0.3) is 39.1 Å². The van der Waals surface area contributed by atoms with Gasteiger partial charge in [0, 0.05) is 17.3 Å². The lowest BCUT2D eigenvalue weighted by Gasteiger charge is -2.47. The molecule has 0 radical (unpaired) electrons. The van der Waals surface area contributed by atoms with Crippen LogP contribution in [0.5, 0.6) is 0 Å². The molecule has 2 aliphatic rings. The Hall–Kier alpha value is -5.46. The summed E-state index contributed by atoms with van der Waals surface area (Å²) in [5.74, 6) is 0.246. The molecule has 7 aromatic rings. The summed E-state index contributed by atoms with van der Waals surface area (Å²) < 4.78 is 0. The highest BCUT2D eigenvalue weighted by molar-refractivity contribution is 5.97. The number of allylic oxidation sites excluding steroid dienone is 1. The van der Waals surface area contributed by atoms with Crippen LogP contribution in [0.4, 0.5) is 0 Å². The van der Waals surface area contributed by atoms with Gasteiger partial charge < -0.3 is 0 Å². The third-order valence-corrected chi connectivity index (χ3v) is 11.7. The Bertz CT molecular complexity index is 2310. The van der Waals surface area contributed by atoms with Crippen LogP contribution in [0.2, 0.25) is 0 Å². The maximum Gasteiger partial charge on any atom is 0.0418 e. The fourth-order valence-corrected chi connectivity index (χ4v) is 9.50. The van der Waals surface area contributed by atoms with E-state index in [1.54, 1.807) is 0 Å². The first-order chi connectivity index (χ1) is 24.6. The third kappa shape index (κ3) is 4.58.